The highest BCUT2D eigenvalue weighted by Crippen LogP contribution is 2.44. The van der Waals surface area contributed by atoms with Gasteiger partial charge in [-0.15, -0.1) is 0 Å². The smallest absolute Gasteiger partial charge is 0.295 e. The molecule has 2 heterocycles. The molecule has 2 aromatic heterocycles. The number of rotatable bonds is 6. The van der Waals surface area contributed by atoms with E-state index in [1.165, 1.54) is 32.7 Å². The van der Waals surface area contributed by atoms with Gasteiger partial charge in [-0.25, -0.2) is 14.8 Å². The first-order valence-electron chi connectivity index (χ1n) is 18.8. The SMILES string of the molecule is Cn1c(=O)n(C)c2c(-c3ccc(-c4c5ccccc5c(-c5cccc(-c6cc(-c7ccccc7)nc(-c7ccccc7)n6)c5)c5ccccc45)cc3)cccc21. The molecule has 266 valence electrons. The number of imidazole rings is 1. The van der Waals surface area contributed by atoms with Crippen LogP contribution in [0.3, 0.4) is 0 Å². The predicted molar refractivity (Wildman–Crippen MR) is 231 cm³/mol. The molecule has 0 aliphatic rings. The summed E-state index contributed by atoms with van der Waals surface area (Å²) in [6, 6.07) is 63.7. The van der Waals surface area contributed by atoms with Gasteiger partial charge in [0.05, 0.1) is 22.4 Å². The van der Waals surface area contributed by atoms with Crippen LogP contribution < -0.4 is 5.69 Å². The summed E-state index contributed by atoms with van der Waals surface area (Å²) >= 11 is 0. The number of nitrogens with zero attached hydrogens (tertiary/aromatic N) is 4. The molecule has 5 nitrogen and oxygen atoms in total. The fourth-order valence-electron chi connectivity index (χ4n) is 8.28. The first kappa shape index (κ1) is 33.2. The van der Waals surface area contributed by atoms with Crippen molar-refractivity contribution in [1.82, 2.24) is 19.1 Å². The number of para-hydroxylation sites is 1. The van der Waals surface area contributed by atoms with Gasteiger partial charge in [0.25, 0.3) is 0 Å². The highest BCUT2D eigenvalue weighted by Gasteiger charge is 2.19. The summed E-state index contributed by atoms with van der Waals surface area (Å²) in [5, 5.41) is 4.74. The normalized spacial score (nSPS) is 11.5. The van der Waals surface area contributed by atoms with Crippen LogP contribution in [0.2, 0.25) is 0 Å². The third-order valence-electron chi connectivity index (χ3n) is 11.0. The predicted octanol–water partition coefficient (Wildman–Crippen LogP) is 12.0. The van der Waals surface area contributed by atoms with Gasteiger partial charge in [0.2, 0.25) is 0 Å². The van der Waals surface area contributed by atoms with Crippen molar-refractivity contribution in [1.29, 1.82) is 0 Å². The Labute approximate surface area is 324 Å². The van der Waals surface area contributed by atoms with Crippen molar-refractivity contribution in [3.05, 3.63) is 192 Å². The average molecular weight is 721 g/mol. The number of hydrogen-bond donors (Lipinski definition) is 0. The Balaban J connectivity index is 1.13. The molecule has 0 fully saturated rings. The lowest BCUT2D eigenvalue weighted by Gasteiger charge is -2.18. The van der Waals surface area contributed by atoms with E-state index < -0.39 is 0 Å². The Morgan fingerprint density at radius 2 is 0.875 bits per heavy atom. The number of benzene rings is 8. The molecular weight excluding hydrogens is 685 g/mol. The largest absolute Gasteiger partial charge is 0.328 e. The molecule has 0 amide bonds. The van der Waals surface area contributed by atoms with Crippen LogP contribution in [0.5, 0.6) is 0 Å². The number of hydrogen-bond acceptors (Lipinski definition) is 3. The second kappa shape index (κ2) is 13.5. The van der Waals surface area contributed by atoms with Crippen molar-refractivity contribution in [2.45, 2.75) is 0 Å². The maximum Gasteiger partial charge on any atom is 0.328 e. The lowest BCUT2D eigenvalue weighted by molar-refractivity contribution is 0.795. The molecule has 0 spiro atoms. The summed E-state index contributed by atoms with van der Waals surface area (Å²) in [5.74, 6) is 0.697. The van der Waals surface area contributed by atoms with Gasteiger partial charge in [-0.05, 0) is 67.6 Å². The molecule has 10 rings (SSSR count). The average Bonchev–Trinajstić information content (AvgIpc) is 3.49. The zero-order valence-corrected chi connectivity index (χ0v) is 31.0. The van der Waals surface area contributed by atoms with Crippen molar-refractivity contribution in [3.63, 3.8) is 0 Å². The Morgan fingerprint density at radius 3 is 1.50 bits per heavy atom. The van der Waals surface area contributed by atoms with Gasteiger partial charge in [-0.2, -0.15) is 0 Å². The molecule has 8 aromatic carbocycles. The lowest BCUT2D eigenvalue weighted by atomic mass is 9.85. The molecule has 0 aliphatic heterocycles. The van der Waals surface area contributed by atoms with Crippen LogP contribution in [0, 0.1) is 0 Å². The summed E-state index contributed by atoms with van der Waals surface area (Å²) in [5.41, 5.74) is 13.4. The van der Waals surface area contributed by atoms with E-state index in [0.29, 0.717) is 5.82 Å². The highest BCUT2D eigenvalue weighted by atomic mass is 16.1. The van der Waals surface area contributed by atoms with E-state index in [4.69, 9.17) is 9.97 Å². The van der Waals surface area contributed by atoms with Crippen LogP contribution in [0.1, 0.15) is 0 Å². The van der Waals surface area contributed by atoms with Crippen molar-refractivity contribution in [2.75, 3.05) is 0 Å². The Hall–Kier alpha value is -7.37. The van der Waals surface area contributed by atoms with E-state index in [9.17, 15) is 4.79 Å². The van der Waals surface area contributed by atoms with E-state index in [0.717, 1.165) is 61.4 Å². The molecule has 0 unspecified atom stereocenters. The van der Waals surface area contributed by atoms with Crippen LogP contribution in [0.25, 0.3) is 99.9 Å². The van der Waals surface area contributed by atoms with Crippen LogP contribution in [-0.4, -0.2) is 19.1 Å². The zero-order chi connectivity index (χ0) is 37.8. The van der Waals surface area contributed by atoms with Gasteiger partial charge in [0.15, 0.2) is 5.82 Å². The molecule has 0 atom stereocenters. The lowest BCUT2D eigenvalue weighted by Crippen LogP contribution is -2.19. The summed E-state index contributed by atoms with van der Waals surface area (Å²) < 4.78 is 3.45. The molecule has 0 aliphatic carbocycles. The topological polar surface area (TPSA) is 52.7 Å². The fourth-order valence-corrected chi connectivity index (χ4v) is 8.28. The van der Waals surface area contributed by atoms with E-state index in [1.807, 2.05) is 62.6 Å². The van der Waals surface area contributed by atoms with Crippen molar-refractivity contribution < 1.29 is 0 Å². The van der Waals surface area contributed by atoms with Crippen LogP contribution in [-0.2, 0) is 14.1 Å². The molecule has 5 heteroatoms. The highest BCUT2D eigenvalue weighted by molar-refractivity contribution is 6.21. The second-order valence-electron chi connectivity index (χ2n) is 14.3. The minimum Gasteiger partial charge on any atom is -0.295 e. The maximum atomic E-state index is 12.8. The monoisotopic (exact) mass is 720 g/mol. The van der Waals surface area contributed by atoms with Gasteiger partial charge in [0, 0.05) is 36.3 Å². The van der Waals surface area contributed by atoms with Crippen LogP contribution in [0.4, 0.5) is 0 Å². The molecular formula is C51H36N4O. The fraction of sp³-hybridized carbons (Fsp3) is 0.0392. The summed E-state index contributed by atoms with van der Waals surface area (Å²) in [7, 11) is 3.67. The van der Waals surface area contributed by atoms with Crippen molar-refractivity contribution in [3.8, 4) is 67.3 Å². The molecule has 0 saturated carbocycles. The molecule has 0 saturated heterocycles. The molecule has 56 heavy (non-hydrogen) atoms. The Kier molecular flexibility index (Phi) is 8.00. The van der Waals surface area contributed by atoms with E-state index >= 15 is 0 Å². The van der Waals surface area contributed by atoms with Crippen LogP contribution in [0.15, 0.2) is 187 Å². The van der Waals surface area contributed by atoms with Crippen LogP contribution >= 0.6 is 0 Å². The molecule has 10 aromatic rings. The molecule has 0 N–H and O–H groups in total. The van der Waals surface area contributed by atoms with Gasteiger partial charge in [-0.1, -0.05) is 164 Å². The van der Waals surface area contributed by atoms with Gasteiger partial charge >= 0.3 is 5.69 Å². The quantitative estimate of drug-likeness (QED) is 0.161. The maximum absolute atomic E-state index is 12.8. The first-order chi connectivity index (χ1) is 27.5. The minimum absolute atomic E-state index is 0.0291. The standard InChI is InChI=1S/C51H36N4O/c1-54-46-26-14-25-39(49(46)55(2)51(54)56)33-27-29-35(30-28-33)47-40-21-9-11-23-42(40)48(43-24-12-10-22-41(43)47)38-20-13-19-37(31-38)45-32-44(34-15-5-3-6-16-34)52-50(53-45)36-17-7-4-8-18-36/h3-32H,1-2H3. The van der Waals surface area contributed by atoms with Gasteiger partial charge < -0.3 is 0 Å². The molecule has 0 bridgehead atoms. The third-order valence-corrected chi connectivity index (χ3v) is 11.0. The van der Waals surface area contributed by atoms with Gasteiger partial charge in [0.1, 0.15) is 0 Å². The Bertz CT molecular complexity index is 3050. The zero-order valence-electron chi connectivity index (χ0n) is 31.0. The number of aryl methyl sites for hydroxylation is 2. The second-order valence-corrected chi connectivity index (χ2v) is 14.3. The summed E-state index contributed by atoms with van der Waals surface area (Å²) in [4.78, 5) is 23.0. The number of aromatic nitrogens is 4. The molecule has 0 radical (unpaired) electrons. The summed E-state index contributed by atoms with van der Waals surface area (Å²) in [6.45, 7) is 0. The van der Waals surface area contributed by atoms with E-state index in [2.05, 4.69) is 133 Å². The first-order valence-corrected chi connectivity index (χ1v) is 18.8. The van der Waals surface area contributed by atoms with Crippen molar-refractivity contribution in [2.24, 2.45) is 14.1 Å². The Morgan fingerprint density at radius 1 is 0.393 bits per heavy atom. The van der Waals surface area contributed by atoms with E-state index in [1.54, 1.807) is 9.13 Å². The summed E-state index contributed by atoms with van der Waals surface area (Å²) in [6.07, 6.45) is 0. The minimum atomic E-state index is -0.0291. The number of fused-ring (bicyclic) bond motifs is 3. The van der Waals surface area contributed by atoms with E-state index in [-0.39, 0.29) is 5.69 Å². The third kappa shape index (κ3) is 5.52. The van der Waals surface area contributed by atoms with Gasteiger partial charge in [-0.3, -0.25) is 9.13 Å². The van der Waals surface area contributed by atoms with Crippen molar-refractivity contribution >= 4 is 32.6 Å².